The minimum absolute atomic E-state index is 0.0203. The van der Waals surface area contributed by atoms with Crippen LogP contribution in [-0.2, 0) is 17.8 Å². The summed E-state index contributed by atoms with van der Waals surface area (Å²) in [5, 5.41) is 11.8. The Balaban J connectivity index is 1.57. The Kier molecular flexibility index (Phi) is 5.58. The summed E-state index contributed by atoms with van der Waals surface area (Å²) in [7, 11) is 0. The maximum absolute atomic E-state index is 12.8. The van der Waals surface area contributed by atoms with E-state index in [0.29, 0.717) is 23.0 Å². The van der Waals surface area contributed by atoms with Crippen molar-refractivity contribution in [2.45, 2.75) is 25.9 Å². The van der Waals surface area contributed by atoms with Gasteiger partial charge in [-0.1, -0.05) is 41.1 Å². The van der Waals surface area contributed by atoms with Gasteiger partial charge in [0.05, 0.1) is 17.3 Å². The van der Waals surface area contributed by atoms with Crippen LogP contribution in [0.4, 0.5) is 0 Å². The first-order chi connectivity index (χ1) is 14.5. The van der Waals surface area contributed by atoms with Gasteiger partial charge in [-0.15, -0.1) is 5.10 Å². The van der Waals surface area contributed by atoms with Gasteiger partial charge in [0.15, 0.2) is 0 Å². The second-order valence-electron chi connectivity index (χ2n) is 6.93. The maximum atomic E-state index is 12.8. The summed E-state index contributed by atoms with van der Waals surface area (Å²) >= 11 is 6.01. The number of aromatic amines is 1. The molecule has 0 aliphatic heterocycles. The van der Waals surface area contributed by atoms with Crippen LogP contribution in [0.15, 0.2) is 59.4 Å². The molecule has 0 saturated carbocycles. The van der Waals surface area contributed by atoms with E-state index >= 15 is 0 Å². The van der Waals surface area contributed by atoms with E-state index in [1.165, 1.54) is 6.07 Å². The lowest BCUT2D eigenvalue weighted by atomic mass is 10.0. The molecule has 2 aromatic carbocycles. The van der Waals surface area contributed by atoms with Gasteiger partial charge in [-0.3, -0.25) is 9.59 Å². The molecular weight excluding hydrogens is 404 g/mol. The van der Waals surface area contributed by atoms with Crippen molar-refractivity contribution >= 4 is 28.5 Å². The number of hydrogen-bond acceptors (Lipinski definition) is 5. The number of nitrogens with zero attached hydrogens (tertiary/aromatic N) is 4. The van der Waals surface area contributed by atoms with E-state index in [2.05, 4.69) is 25.6 Å². The quantitative estimate of drug-likeness (QED) is 0.496. The van der Waals surface area contributed by atoms with E-state index in [1.807, 2.05) is 36.4 Å². The molecule has 0 aliphatic rings. The maximum Gasteiger partial charge on any atom is 0.251 e. The van der Waals surface area contributed by atoms with Crippen LogP contribution in [0.25, 0.3) is 11.0 Å². The molecule has 2 N–H and O–H groups in total. The first kappa shape index (κ1) is 19.8. The topological polar surface area (TPSA) is 106 Å². The van der Waals surface area contributed by atoms with Crippen LogP contribution < -0.4 is 10.9 Å². The number of H-pyrrole nitrogens is 1. The smallest absolute Gasteiger partial charge is 0.251 e. The zero-order chi connectivity index (χ0) is 21.1. The van der Waals surface area contributed by atoms with Crippen molar-refractivity contribution < 1.29 is 4.79 Å². The number of hydrogen-bond donors (Lipinski definition) is 2. The van der Waals surface area contributed by atoms with Crippen LogP contribution in [0.1, 0.15) is 23.1 Å². The average Bonchev–Trinajstić information content (AvgIpc) is 3.10. The van der Waals surface area contributed by atoms with Crippen molar-refractivity contribution in [2.24, 2.45) is 0 Å². The highest BCUT2D eigenvalue weighted by molar-refractivity contribution is 6.30. The number of rotatable bonds is 6. The highest BCUT2D eigenvalue weighted by Gasteiger charge is 2.18. The average molecular weight is 423 g/mol. The molecule has 0 radical (unpaired) electrons. The fourth-order valence-corrected chi connectivity index (χ4v) is 3.44. The predicted molar refractivity (Wildman–Crippen MR) is 113 cm³/mol. The van der Waals surface area contributed by atoms with E-state index < -0.39 is 6.04 Å². The Morgan fingerprint density at radius 3 is 2.73 bits per heavy atom. The van der Waals surface area contributed by atoms with Gasteiger partial charge < -0.3 is 10.3 Å². The van der Waals surface area contributed by atoms with Crippen molar-refractivity contribution in [1.82, 2.24) is 30.3 Å². The van der Waals surface area contributed by atoms with Crippen LogP contribution in [-0.4, -0.2) is 30.9 Å². The van der Waals surface area contributed by atoms with Crippen molar-refractivity contribution in [3.63, 3.8) is 0 Å². The van der Waals surface area contributed by atoms with Gasteiger partial charge in [-0.05, 0) is 36.8 Å². The Labute approximate surface area is 176 Å². The Morgan fingerprint density at radius 1 is 1.20 bits per heavy atom. The number of carbonyl (C=O) groups is 1. The zero-order valence-corrected chi connectivity index (χ0v) is 16.9. The molecule has 4 aromatic rings. The third-order valence-corrected chi connectivity index (χ3v) is 4.90. The molecule has 0 fully saturated rings. The molecule has 0 aliphatic carbocycles. The first-order valence-electron chi connectivity index (χ1n) is 9.38. The van der Waals surface area contributed by atoms with Crippen LogP contribution >= 0.6 is 11.6 Å². The summed E-state index contributed by atoms with van der Waals surface area (Å²) in [6, 6.07) is 15.7. The summed E-state index contributed by atoms with van der Waals surface area (Å²) in [4.78, 5) is 31.6. The highest BCUT2D eigenvalue weighted by Crippen LogP contribution is 2.20. The zero-order valence-electron chi connectivity index (χ0n) is 16.2. The van der Waals surface area contributed by atoms with Crippen molar-refractivity contribution in [3.8, 4) is 0 Å². The third-order valence-electron chi connectivity index (χ3n) is 4.65. The van der Waals surface area contributed by atoms with Gasteiger partial charge in [0.25, 0.3) is 5.56 Å². The molecular formula is C21H19ClN6O2. The van der Waals surface area contributed by atoms with Crippen LogP contribution in [0, 0.1) is 6.92 Å². The van der Waals surface area contributed by atoms with Crippen LogP contribution in [0.5, 0.6) is 0 Å². The second kappa shape index (κ2) is 8.46. The molecule has 1 atom stereocenters. The molecule has 4 rings (SSSR count). The molecule has 0 bridgehead atoms. The minimum atomic E-state index is -0.391. The summed E-state index contributed by atoms with van der Waals surface area (Å²) in [6.07, 6.45) is 0.357. The fourth-order valence-electron chi connectivity index (χ4n) is 3.31. The van der Waals surface area contributed by atoms with Crippen LogP contribution in [0.3, 0.4) is 0 Å². The third kappa shape index (κ3) is 4.55. The van der Waals surface area contributed by atoms with E-state index in [0.717, 1.165) is 16.6 Å². The number of aromatic nitrogens is 5. The molecule has 152 valence electrons. The molecule has 0 saturated heterocycles. The standard InChI is InChI=1S/C21H19ClN6O2/c1-13-23-16(11-20(29)24-13)10-18(14-6-8-15(22)9-7-14)25-21(30)12-28-19-5-3-2-4-17(19)26-27-28/h2-9,11,18H,10,12H2,1H3,(H,25,30)(H,23,24,29). The number of carbonyl (C=O) groups excluding carboxylic acids is 1. The highest BCUT2D eigenvalue weighted by atomic mass is 35.5. The van der Waals surface area contributed by atoms with Crippen molar-refractivity contribution in [1.29, 1.82) is 0 Å². The first-order valence-corrected chi connectivity index (χ1v) is 9.75. The molecule has 8 nitrogen and oxygen atoms in total. The molecule has 2 heterocycles. The van der Waals surface area contributed by atoms with Gasteiger partial charge in [-0.2, -0.15) is 0 Å². The number of aryl methyl sites for hydroxylation is 1. The number of fused-ring (bicyclic) bond motifs is 1. The molecule has 1 amide bonds. The van der Waals surface area contributed by atoms with E-state index in [4.69, 9.17) is 11.6 Å². The Bertz CT molecular complexity index is 1250. The number of para-hydroxylation sites is 1. The Hall–Kier alpha value is -3.52. The summed E-state index contributed by atoms with van der Waals surface area (Å²) < 4.78 is 1.55. The molecule has 30 heavy (non-hydrogen) atoms. The van der Waals surface area contributed by atoms with Gasteiger partial charge >= 0.3 is 0 Å². The number of benzene rings is 2. The summed E-state index contributed by atoms with van der Waals surface area (Å²) in [6.45, 7) is 1.74. The molecule has 9 heteroatoms. The van der Waals surface area contributed by atoms with Gasteiger partial charge in [-0.25, -0.2) is 9.67 Å². The lowest BCUT2D eigenvalue weighted by Crippen LogP contribution is -2.33. The number of nitrogens with one attached hydrogen (secondary N) is 2. The normalized spacial score (nSPS) is 12.1. The summed E-state index contributed by atoms with van der Waals surface area (Å²) in [5.74, 6) is 0.292. The fraction of sp³-hybridized carbons (Fsp3) is 0.190. The van der Waals surface area contributed by atoms with E-state index in [1.54, 1.807) is 23.7 Å². The second-order valence-corrected chi connectivity index (χ2v) is 7.37. The SMILES string of the molecule is Cc1nc(CC(NC(=O)Cn2nnc3ccccc32)c2ccc(Cl)cc2)cc(=O)[nH]1. The van der Waals surface area contributed by atoms with Gasteiger partial charge in [0.1, 0.15) is 17.9 Å². The van der Waals surface area contributed by atoms with Gasteiger partial charge in [0.2, 0.25) is 5.91 Å². The van der Waals surface area contributed by atoms with E-state index in [9.17, 15) is 9.59 Å². The summed E-state index contributed by atoms with van der Waals surface area (Å²) in [5.41, 5.74) is 2.72. The molecule has 0 spiro atoms. The number of halogens is 1. The van der Waals surface area contributed by atoms with Crippen LogP contribution in [0.2, 0.25) is 5.02 Å². The monoisotopic (exact) mass is 422 g/mol. The molecule has 1 unspecified atom stereocenters. The number of amides is 1. The van der Waals surface area contributed by atoms with Gasteiger partial charge in [0, 0.05) is 17.5 Å². The minimum Gasteiger partial charge on any atom is -0.347 e. The largest absolute Gasteiger partial charge is 0.347 e. The molecule has 2 aromatic heterocycles. The Morgan fingerprint density at radius 2 is 1.97 bits per heavy atom. The predicted octanol–water partition coefficient (Wildman–Crippen LogP) is 2.58. The lowest BCUT2D eigenvalue weighted by molar-refractivity contribution is -0.122. The lowest BCUT2D eigenvalue weighted by Gasteiger charge is -2.19. The van der Waals surface area contributed by atoms with Crippen molar-refractivity contribution in [3.05, 3.63) is 87.1 Å². The van der Waals surface area contributed by atoms with Crippen molar-refractivity contribution in [2.75, 3.05) is 0 Å². The van der Waals surface area contributed by atoms with E-state index in [-0.39, 0.29) is 18.0 Å².